The number of rotatable bonds is 1. The van der Waals surface area contributed by atoms with Crippen molar-refractivity contribution in [1.29, 1.82) is 0 Å². The molecule has 0 fully saturated rings. The lowest BCUT2D eigenvalue weighted by molar-refractivity contribution is -0.132. The molecule has 0 radical (unpaired) electrons. The van der Waals surface area contributed by atoms with Gasteiger partial charge in [-0.05, 0) is 31.3 Å². The van der Waals surface area contributed by atoms with Crippen molar-refractivity contribution in [3.8, 4) is 0 Å². The second-order valence-electron chi connectivity index (χ2n) is 3.59. The standard InChI is InChI=1S/C10H13NO2/c12-10(13)8-5-7-3-1-2-4-9(7)11-6-8/h6,11H,1-5H2,(H,12,13). The zero-order chi connectivity index (χ0) is 9.26. The first-order valence-corrected chi connectivity index (χ1v) is 4.67. The molecular weight excluding hydrogens is 166 g/mol. The summed E-state index contributed by atoms with van der Waals surface area (Å²) >= 11 is 0. The monoisotopic (exact) mass is 179 g/mol. The van der Waals surface area contributed by atoms with E-state index in [4.69, 9.17) is 5.11 Å². The predicted octanol–water partition coefficient (Wildman–Crippen LogP) is 1.78. The Labute approximate surface area is 77.1 Å². The molecule has 0 amide bonds. The summed E-state index contributed by atoms with van der Waals surface area (Å²) in [5.41, 5.74) is 3.04. The third-order valence-electron chi connectivity index (χ3n) is 2.68. The Morgan fingerprint density at radius 1 is 1.38 bits per heavy atom. The molecule has 0 aromatic rings. The molecule has 0 spiro atoms. The van der Waals surface area contributed by atoms with Crippen LogP contribution < -0.4 is 5.32 Å². The zero-order valence-corrected chi connectivity index (χ0v) is 7.47. The summed E-state index contributed by atoms with van der Waals surface area (Å²) in [7, 11) is 0. The molecule has 0 aromatic carbocycles. The van der Waals surface area contributed by atoms with Gasteiger partial charge in [0, 0.05) is 18.3 Å². The maximum atomic E-state index is 10.7. The molecule has 2 aliphatic rings. The van der Waals surface area contributed by atoms with Gasteiger partial charge in [-0.1, -0.05) is 0 Å². The summed E-state index contributed by atoms with van der Waals surface area (Å²) in [5.74, 6) is -0.801. The Balaban J connectivity index is 2.14. The van der Waals surface area contributed by atoms with E-state index in [0.717, 1.165) is 12.8 Å². The Morgan fingerprint density at radius 2 is 2.15 bits per heavy atom. The molecule has 0 saturated heterocycles. The molecule has 2 N–H and O–H groups in total. The van der Waals surface area contributed by atoms with E-state index in [1.54, 1.807) is 6.20 Å². The van der Waals surface area contributed by atoms with Crippen LogP contribution in [0.4, 0.5) is 0 Å². The van der Waals surface area contributed by atoms with Crippen LogP contribution in [0, 0.1) is 0 Å². The number of hydrogen-bond acceptors (Lipinski definition) is 2. The van der Waals surface area contributed by atoms with Gasteiger partial charge in [0.05, 0.1) is 5.57 Å². The van der Waals surface area contributed by atoms with E-state index in [0.29, 0.717) is 12.0 Å². The van der Waals surface area contributed by atoms with Gasteiger partial charge in [-0.3, -0.25) is 0 Å². The van der Waals surface area contributed by atoms with Crippen LogP contribution in [0.2, 0.25) is 0 Å². The van der Waals surface area contributed by atoms with Gasteiger partial charge >= 0.3 is 5.97 Å². The largest absolute Gasteiger partial charge is 0.478 e. The summed E-state index contributed by atoms with van der Waals surface area (Å²) in [4.78, 5) is 10.7. The molecule has 0 saturated carbocycles. The topological polar surface area (TPSA) is 49.3 Å². The van der Waals surface area contributed by atoms with Crippen molar-refractivity contribution in [2.24, 2.45) is 0 Å². The van der Waals surface area contributed by atoms with Crippen LogP contribution in [-0.4, -0.2) is 11.1 Å². The fourth-order valence-corrected chi connectivity index (χ4v) is 1.93. The number of carbonyl (C=O) groups is 1. The van der Waals surface area contributed by atoms with Crippen molar-refractivity contribution in [1.82, 2.24) is 5.32 Å². The second-order valence-corrected chi connectivity index (χ2v) is 3.59. The third-order valence-corrected chi connectivity index (χ3v) is 2.68. The average Bonchev–Trinajstić information content (AvgIpc) is 2.17. The van der Waals surface area contributed by atoms with Crippen molar-refractivity contribution >= 4 is 5.97 Å². The average molecular weight is 179 g/mol. The lowest BCUT2D eigenvalue weighted by Gasteiger charge is -2.24. The number of carboxylic acid groups (broad SMARTS) is 1. The highest BCUT2D eigenvalue weighted by Gasteiger charge is 2.20. The number of carboxylic acids is 1. The molecule has 3 nitrogen and oxygen atoms in total. The van der Waals surface area contributed by atoms with Gasteiger partial charge in [0.15, 0.2) is 0 Å². The van der Waals surface area contributed by atoms with Crippen LogP contribution in [-0.2, 0) is 4.79 Å². The van der Waals surface area contributed by atoms with Crippen LogP contribution in [0.5, 0.6) is 0 Å². The molecule has 0 aromatic heterocycles. The first-order chi connectivity index (χ1) is 6.27. The minimum Gasteiger partial charge on any atom is -0.478 e. The number of nitrogens with one attached hydrogen (secondary N) is 1. The van der Waals surface area contributed by atoms with Crippen LogP contribution >= 0.6 is 0 Å². The number of hydrogen-bond donors (Lipinski definition) is 2. The molecule has 1 heterocycles. The highest BCUT2D eigenvalue weighted by Crippen LogP contribution is 2.30. The van der Waals surface area contributed by atoms with Gasteiger partial charge < -0.3 is 10.4 Å². The van der Waals surface area contributed by atoms with Crippen molar-refractivity contribution in [2.75, 3.05) is 0 Å². The van der Waals surface area contributed by atoms with Gasteiger partial charge in [-0.25, -0.2) is 4.79 Å². The van der Waals surface area contributed by atoms with Gasteiger partial charge in [0.2, 0.25) is 0 Å². The van der Waals surface area contributed by atoms with Crippen LogP contribution in [0.3, 0.4) is 0 Å². The lowest BCUT2D eigenvalue weighted by atomic mass is 9.90. The van der Waals surface area contributed by atoms with E-state index in [-0.39, 0.29) is 0 Å². The van der Waals surface area contributed by atoms with Crippen molar-refractivity contribution in [3.05, 3.63) is 23.0 Å². The van der Waals surface area contributed by atoms with E-state index in [2.05, 4.69) is 5.32 Å². The molecule has 0 unspecified atom stereocenters. The van der Waals surface area contributed by atoms with Crippen LogP contribution in [0.15, 0.2) is 23.0 Å². The van der Waals surface area contributed by atoms with Gasteiger partial charge in [-0.15, -0.1) is 0 Å². The fourth-order valence-electron chi connectivity index (χ4n) is 1.93. The smallest absolute Gasteiger partial charge is 0.333 e. The fraction of sp³-hybridized carbons (Fsp3) is 0.500. The second kappa shape index (κ2) is 3.24. The van der Waals surface area contributed by atoms with Gasteiger partial charge in [-0.2, -0.15) is 0 Å². The Hall–Kier alpha value is -1.25. The Kier molecular flexibility index (Phi) is 2.08. The van der Waals surface area contributed by atoms with E-state index in [1.165, 1.54) is 24.1 Å². The first-order valence-electron chi connectivity index (χ1n) is 4.67. The number of allylic oxidation sites excluding steroid dienone is 2. The molecule has 70 valence electrons. The Morgan fingerprint density at radius 3 is 2.92 bits per heavy atom. The third kappa shape index (κ3) is 1.59. The van der Waals surface area contributed by atoms with Crippen LogP contribution in [0.25, 0.3) is 0 Å². The molecular formula is C10H13NO2. The summed E-state index contributed by atoms with van der Waals surface area (Å²) in [6, 6.07) is 0. The van der Waals surface area contributed by atoms with E-state index < -0.39 is 5.97 Å². The summed E-state index contributed by atoms with van der Waals surface area (Å²) < 4.78 is 0. The van der Waals surface area contributed by atoms with Crippen molar-refractivity contribution < 1.29 is 9.90 Å². The predicted molar refractivity (Wildman–Crippen MR) is 49.0 cm³/mol. The lowest BCUT2D eigenvalue weighted by Crippen LogP contribution is -2.20. The highest BCUT2D eigenvalue weighted by atomic mass is 16.4. The Bertz CT molecular complexity index is 302. The molecule has 3 heteroatoms. The molecule has 0 atom stereocenters. The van der Waals surface area contributed by atoms with Gasteiger partial charge in [0.1, 0.15) is 0 Å². The van der Waals surface area contributed by atoms with E-state index in [1.807, 2.05) is 0 Å². The summed E-state index contributed by atoms with van der Waals surface area (Å²) in [5, 5.41) is 11.9. The first kappa shape index (κ1) is 8.35. The normalized spacial score (nSPS) is 21.7. The summed E-state index contributed by atoms with van der Waals surface area (Å²) in [6.07, 6.45) is 6.84. The van der Waals surface area contributed by atoms with Crippen molar-refractivity contribution in [3.63, 3.8) is 0 Å². The molecule has 1 aliphatic carbocycles. The zero-order valence-electron chi connectivity index (χ0n) is 7.47. The van der Waals surface area contributed by atoms with Crippen molar-refractivity contribution in [2.45, 2.75) is 32.1 Å². The number of dihydropyridines is 1. The van der Waals surface area contributed by atoms with E-state index in [9.17, 15) is 4.79 Å². The minimum atomic E-state index is -0.801. The van der Waals surface area contributed by atoms with Gasteiger partial charge in [0.25, 0.3) is 0 Å². The molecule has 13 heavy (non-hydrogen) atoms. The maximum absolute atomic E-state index is 10.7. The summed E-state index contributed by atoms with van der Waals surface area (Å²) in [6.45, 7) is 0. The van der Waals surface area contributed by atoms with Crippen LogP contribution in [0.1, 0.15) is 32.1 Å². The molecule has 0 bridgehead atoms. The highest BCUT2D eigenvalue weighted by molar-refractivity contribution is 5.87. The molecule has 2 rings (SSSR count). The van der Waals surface area contributed by atoms with E-state index >= 15 is 0 Å². The maximum Gasteiger partial charge on any atom is 0.333 e. The molecule has 1 aliphatic heterocycles. The quantitative estimate of drug-likeness (QED) is 0.645. The minimum absolute atomic E-state index is 0.487. The SMILES string of the molecule is O=C(O)C1=CNC2=C(CCCC2)C1. The number of aliphatic carboxylic acids is 1.